The van der Waals surface area contributed by atoms with Gasteiger partial charge in [-0.2, -0.15) is 0 Å². The number of amides is 1. The molecule has 48 heavy (non-hydrogen) atoms. The van der Waals surface area contributed by atoms with Gasteiger partial charge in [-0.1, -0.05) is 30.4 Å². The van der Waals surface area contributed by atoms with Crippen LogP contribution in [0.2, 0.25) is 0 Å². The van der Waals surface area contributed by atoms with E-state index in [2.05, 4.69) is 5.32 Å². The van der Waals surface area contributed by atoms with Crippen LogP contribution >= 0.6 is 0 Å². The summed E-state index contributed by atoms with van der Waals surface area (Å²) in [6.07, 6.45) is -4.32. The van der Waals surface area contributed by atoms with Gasteiger partial charge in [-0.15, -0.1) is 0 Å². The highest BCUT2D eigenvalue weighted by molar-refractivity contribution is 5.95. The molecular weight excluding hydrogens is 634 g/mol. The van der Waals surface area contributed by atoms with Crippen molar-refractivity contribution in [2.75, 3.05) is 26.6 Å². The Hall–Kier alpha value is -3.25. The highest BCUT2D eigenvalue weighted by Gasteiger charge is 2.44. The first-order chi connectivity index (χ1) is 22.8. The molecule has 2 heterocycles. The highest BCUT2D eigenvalue weighted by Crippen LogP contribution is 2.31. The van der Waals surface area contributed by atoms with Gasteiger partial charge in [-0.25, -0.2) is 4.79 Å². The van der Waals surface area contributed by atoms with E-state index >= 15 is 0 Å². The average molecular weight is 680 g/mol. The highest BCUT2D eigenvalue weighted by atomic mass is 16.7. The number of carbonyl (C=O) groups excluding carboxylic acids is 3. The molecule has 0 aromatic heterocycles. The van der Waals surface area contributed by atoms with E-state index < -0.39 is 91.7 Å². The zero-order valence-corrected chi connectivity index (χ0v) is 27.1. The van der Waals surface area contributed by atoms with Gasteiger partial charge in [0, 0.05) is 18.4 Å². The van der Waals surface area contributed by atoms with E-state index in [1.54, 1.807) is 63.3 Å². The Balaban J connectivity index is 1.36. The van der Waals surface area contributed by atoms with Crippen LogP contribution in [-0.4, -0.2) is 131 Å². The van der Waals surface area contributed by atoms with Crippen LogP contribution in [0.4, 0.5) is 0 Å². The lowest BCUT2D eigenvalue weighted by Gasteiger charge is -2.39. The van der Waals surface area contributed by atoms with Crippen LogP contribution in [-0.2, 0) is 38.0 Å². The predicted molar refractivity (Wildman–Crippen MR) is 166 cm³/mol. The molecule has 0 unspecified atom stereocenters. The average Bonchev–Trinajstić information content (AvgIpc) is 3.53. The second-order valence-electron chi connectivity index (χ2n) is 12.7. The summed E-state index contributed by atoms with van der Waals surface area (Å²) in [6, 6.07) is 5.89. The normalized spacial score (nSPS) is 29.5. The topological polar surface area (TPSA) is 220 Å². The molecule has 1 aliphatic carbocycles. The minimum atomic E-state index is -1.57. The second-order valence-corrected chi connectivity index (χ2v) is 12.7. The van der Waals surface area contributed by atoms with Crippen LogP contribution < -0.4 is 5.32 Å². The molecule has 2 fully saturated rings. The SMILES string of the molecule is CC(C)(C)OC(=O)CC[C@@H](CO)NC(=O)C1=C[C@H]2OCO[C@H]2[C@H](OC(=O)c2ccccc2C=CCO[C@H]2O[C@H](CO)[C@H](O)[C@H](O)[C@H]2O)C1. The molecule has 1 aromatic carbocycles. The molecule has 2 saturated heterocycles. The summed E-state index contributed by atoms with van der Waals surface area (Å²) in [5.41, 5.74) is 0.297. The maximum absolute atomic E-state index is 13.4. The Morgan fingerprint density at radius 1 is 1.06 bits per heavy atom. The Labute approximate surface area is 278 Å². The fourth-order valence-corrected chi connectivity index (χ4v) is 5.46. The summed E-state index contributed by atoms with van der Waals surface area (Å²) in [5.74, 6) is -1.64. The minimum Gasteiger partial charge on any atom is -0.460 e. The van der Waals surface area contributed by atoms with E-state index in [1.807, 2.05) is 0 Å². The third kappa shape index (κ3) is 9.90. The molecule has 15 heteroatoms. The summed E-state index contributed by atoms with van der Waals surface area (Å²) < 4.78 is 33.2. The number of hydrogen-bond donors (Lipinski definition) is 6. The largest absolute Gasteiger partial charge is 0.460 e. The molecule has 266 valence electrons. The number of rotatable bonds is 13. The summed E-state index contributed by atoms with van der Waals surface area (Å²) in [4.78, 5) is 38.7. The predicted octanol–water partition coefficient (Wildman–Crippen LogP) is -0.288. The number of aliphatic hydroxyl groups is 5. The monoisotopic (exact) mass is 679 g/mol. The number of esters is 2. The Morgan fingerprint density at radius 3 is 2.52 bits per heavy atom. The third-order valence-electron chi connectivity index (χ3n) is 7.90. The summed E-state index contributed by atoms with van der Waals surface area (Å²) in [6.45, 7) is 4.09. The molecule has 0 bridgehead atoms. The van der Waals surface area contributed by atoms with Crippen LogP contribution in [0.3, 0.4) is 0 Å². The fraction of sp³-hybridized carbons (Fsp3) is 0.606. The quantitative estimate of drug-likeness (QED) is 0.148. The first-order valence-corrected chi connectivity index (χ1v) is 15.8. The van der Waals surface area contributed by atoms with Crippen LogP contribution in [0, 0.1) is 0 Å². The van der Waals surface area contributed by atoms with E-state index in [9.17, 15) is 39.9 Å². The molecule has 1 amide bonds. The van der Waals surface area contributed by atoms with E-state index in [0.717, 1.165) is 0 Å². The standard InChI is InChI=1S/C33H45NO14/c1-33(2,3)48-25(37)11-10-20(15-35)34-30(41)19-13-22-29(45-17-44-22)23(14-19)46-31(42)21-9-5-4-7-18(21)8-6-12-43-32-28(40)27(39)26(38)24(16-36)47-32/h4-9,13,20,22-24,26-29,32,35-36,38-40H,10-12,14-17H2,1-3H3,(H,34,41)/t20-,22+,23+,24+,26-,27-,28+,29+,32-/m0/s1. The van der Waals surface area contributed by atoms with Crippen molar-refractivity contribution in [1.82, 2.24) is 5.32 Å². The summed E-state index contributed by atoms with van der Waals surface area (Å²) in [7, 11) is 0. The van der Waals surface area contributed by atoms with Gasteiger partial charge in [0.25, 0.3) is 0 Å². The number of aliphatic hydroxyl groups excluding tert-OH is 5. The molecule has 0 spiro atoms. The molecule has 9 atom stereocenters. The smallest absolute Gasteiger partial charge is 0.339 e. The molecule has 15 nitrogen and oxygen atoms in total. The maximum Gasteiger partial charge on any atom is 0.339 e. The Morgan fingerprint density at radius 2 is 1.81 bits per heavy atom. The van der Waals surface area contributed by atoms with Gasteiger partial charge < -0.3 is 59.3 Å². The van der Waals surface area contributed by atoms with Crippen molar-refractivity contribution >= 4 is 23.9 Å². The first kappa shape index (κ1) is 37.6. The van der Waals surface area contributed by atoms with Crippen LogP contribution in [0.25, 0.3) is 6.08 Å². The molecule has 0 saturated carbocycles. The van der Waals surface area contributed by atoms with Crippen molar-refractivity contribution < 1.29 is 68.3 Å². The van der Waals surface area contributed by atoms with E-state index in [0.29, 0.717) is 5.56 Å². The van der Waals surface area contributed by atoms with Gasteiger partial charge in [-0.05, 0) is 44.9 Å². The second kappa shape index (κ2) is 16.9. The lowest BCUT2D eigenvalue weighted by molar-refractivity contribution is -0.298. The molecule has 0 radical (unpaired) electrons. The van der Waals surface area contributed by atoms with Crippen LogP contribution in [0.1, 0.15) is 56.0 Å². The number of hydrogen-bond acceptors (Lipinski definition) is 14. The van der Waals surface area contributed by atoms with Crippen LogP contribution in [0.5, 0.6) is 0 Å². The molecule has 1 aromatic rings. The van der Waals surface area contributed by atoms with Crippen molar-refractivity contribution in [2.24, 2.45) is 0 Å². The van der Waals surface area contributed by atoms with Crippen molar-refractivity contribution in [3.8, 4) is 0 Å². The van der Waals surface area contributed by atoms with Gasteiger partial charge in [0.2, 0.25) is 5.91 Å². The lowest BCUT2D eigenvalue weighted by atomic mass is 9.91. The van der Waals surface area contributed by atoms with Crippen molar-refractivity contribution in [2.45, 2.75) is 101 Å². The fourth-order valence-electron chi connectivity index (χ4n) is 5.46. The third-order valence-corrected chi connectivity index (χ3v) is 7.90. The lowest BCUT2D eigenvalue weighted by Crippen LogP contribution is -2.59. The van der Waals surface area contributed by atoms with Crippen LogP contribution in [0.15, 0.2) is 42.0 Å². The van der Waals surface area contributed by atoms with Crippen molar-refractivity contribution in [3.05, 3.63) is 53.1 Å². The number of nitrogens with one attached hydrogen (secondary N) is 1. The van der Waals surface area contributed by atoms with E-state index in [-0.39, 0.29) is 43.8 Å². The van der Waals surface area contributed by atoms with Gasteiger partial charge in [0.15, 0.2) is 6.29 Å². The van der Waals surface area contributed by atoms with E-state index in [1.165, 1.54) is 0 Å². The first-order valence-electron chi connectivity index (χ1n) is 15.8. The van der Waals surface area contributed by atoms with Gasteiger partial charge in [0.05, 0.1) is 31.4 Å². The van der Waals surface area contributed by atoms with Crippen molar-refractivity contribution in [3.63, 3.8) is 0 Å². The molecule has 4 rings (SSSR count). The number of fused-ring (bicyclic) bond motifs is 1. The van der Waals surface area contributed by atoms with Gasteiger partial charge in [0.1, 0.15) is 55.1 Å². The zero-order valence-electron chi connectivity index (χ0n) is 27.1. The number of ether oxygens (including phenoxy) is 6. The molecule has 6 N–H and O–H groups in total. The maximum atomic E-state index is 13.4. The van der Waals surface area contributed by atoms with Gasteiger partial charge in [-0.3, -0.25) is 9.59 Å². The zero-order chi connectivity index (χ0) is 35.0. The number of benzene rings is 1. The summed E-state index contributed by atoms with van der Waals surface area (Å²) in [5, 5.41) is 51.9. The van der Waals surface area contributed by atoms with E-state index in [4.69, 9.17) is 28.4 Å². The minimum absolute atomic E-state index is 0.00254. The molecular formula is C33H45NO14. The summed E-state index contributed by atoms with van der Waals surface area (Å²) >= 11 is 0. The van der Waals surface area contributed by atoms with Gasteiger partial charge >= 0.3 is 11.9 Å². The Kier molecular flexibility index (Phi) is 13.2. The molecule has 3 aliphatic rings. The molecule has 2 aliphatic heterocycles. The Bertz CT molecular complexity index is 1320. The number of carbonyl (C=O) groups is 3. The van der Waals surface area contributed by atoms with Crippen molar-refractivity contribution in [1.29, 1.82) is 0 Å².